The average Bonchev–Trinajstić information content (AvgIpc) is 3.01. The molecule has 5 nitrogen and oxygen atoms in total. The Labute approximate surface area is 151 Å². The summed E-state index contributed by atoms with van der Waals surface area (Å²) in [5.41, 5.74) is 1.91. The topological polar surface area (TPSA) is 67.0 Å². The van der Waals surface area contributed by atoms with Crippen LogP contribution >= 0.6 is 11.8 Å². The number of ether oxygens (including phenoxy) is 1. The highest BCUT2D eigenvalue weighted by Gasteiger charge is 2.31. The molecule has 0 saturated heterocycles. The monoisotopic (exact) mass is 381 g/mol. The molecule has 0 aliphatic carbocycles. The fraction of sp³-hybridized carbons (Fsp3) is 0.176. The Morgan fingerprint density at radius 1 is 1.15 bits per heavy atom. The molecule has 2 aromatic carbocycles. The van der Waals surface area contributed by atoms with Crippen molar-refractivity contribution in [3.8, 4) is 5.75 Å². The Balaban J connectivity index is 1.54. The zero-order valence-corrected chi connectivity index (χ0v) is 14.2. The van der Waals surface area contributed by atoms with Gasteiger partial charge in [0.2, 0.25) is 5.91 Å². The molecule has 0 atom stereocenters. The second-order valence-corrected chi connectivity index (χ2v) is 6.24. The van der Waals surface area contributed by atoms with Crippen molar-refractivity contribution in [1.82, 2.24) is 15.3 Å². The van der Waals surface area contributed by atoms with E-state index in [1.54, 1.807) is 6.07 Å². The number of thioether (sulfide) groups is 1. The van der Waals surface area contributed by atoms with Crippen LogP contribution in [0, 0.1) is 0 Å². The van der Waals surface area contributed by atoms with Gasteiger partial charge in [-0.05, 0) is 18.2 Å². The van der Waals surface area contributed by atoms with E-state index in [0.717, 1.165) is 11.0 Å². The number of fused-ring (bicyclic) bond motifs is 1. The molecule has 1 heterocycles. The smallest absolute Gasteiger partial charge is 0.405 e. The lowest BCUT2D eigenvalue weighted by Crippen LogP contribution is -2.25. The summed E-state index contributed by atoms with van der Waals surface area (Å²) in [6.45, 7) is -0.0637. The van der Waals surface area contributed by atoms with E-state index in [2.05, 4.69) is 20.0 Å². The van der Waals surface area contributed by atoms with Gasteiger partial charge < -0.3 is 15.0 Å². The predicted molar refractivity (Wildman–Crippen MR) is 91.8 cm³/mol. The van der Waals surface area contributed by atoms with E-state index in [1.165, 1.54) is 30.0 Å². The summed E-state index contributed by atoms with van der Waals surface area (Å²) in [4.78, 5) is 19.4. The van der Waals surface area contributed by atoms with Crippen LogP contribution < -0.4 is 10.1 Å². The summed E-state index contributed by atoms with van der Waals surface area (Å²) < 4.78 is 41.1. The average molecular weight is 381 g/mol. The molecule has 3 aromatic rings. The van der Waals surface area contributed by atoms with Gasteiger partial charge in [0.25, 0.3) is 0 Å². The third-order valence-corrected chi connectivity index (χ3v) is 4.26. The number of benzene rings is 2. The lowest BCUT2D eigenvalue weighted by atomic mass is 10.2. The number of carbonyl (C=O) groups excluding carboxylic acids is 1. The van der Waals surface area contributed by atoms with Crippen LogP contribution in [0.4, 0.5) is 13.2 Å². The Hall–Kier alpha value is -2.68. The van der Waals surface area contributed by atoms with Crippen molar-refractivity contribution in [2.45, 2.75) is 18.1 Å². The second kappa shape index (κ2) is 7.69. The Morgan fingerprint density at radius 3 is 2.65 bits per heavy atom. The van der Waals surface area contributed by atoms with Crippen molar-refractivity contribution in [3.63, 3.8) is 0 Å². The number of halogens is 3. The molecule has 9 heteroatoms. The van der Waals surface area contributed by atoms with Gasteiger partial charge in [0, 0.05) is 12.1 Å². The molecule has 2 N–H and O–H groups in total. The minimum Gasteiger partial charge on any atom is -0.405 e. The maximum absolute atomic E-state index is 12.4. The molecule has 0 unspecified atom stereocenters. The van der Waals surface area contributed by atoms with Crippen LogP contribution in [0.1, 0.15) is 5.56 Å². The van der Waals surface area contributed by atoms with Crippen molar-refractivity contribution >= 4 is 28.7 Å². The molecule has 0 saturated carbocycles. The van der Waals surface area contributed by atoms with Crippen molar-refractivity contribution in [3.05, 3.63) is 54.1 Å². The summed E-state index contributed by atoms with van der Waals surface area (Å²) in [7, 11) is 0. The first-order valence-corrected chi connectivity index (χ1v) is 8.57. The quantitative estimate of drug-likeness (QED) is 0.636. The number of aromatic nitrogens is 2. The van der Waals surface area contributed by atoms with Crippen LogP contribution in [0.5, 0.6) is 5.75 Å². The number of aromatic amines is 1. The van der Waals surface area contributed by atoms with Crippen molar-refractivity contribution < 1.29 is 22.7 Å². The first kappa shape index (κ1) is 18.1. The summed E-state index contributed by atoms with van der Waals surface area (Å²) >= 11 is 1.21. The van der Waals surface area contributed by atoms with Gasteiger partial charge in [-0.2, -0.15) is 0 Å². The molecular weight excluding hydrogens is 367 g/mol. The Morgan fingerprint density at radius 2 is 1.88 bits per heavy atom. The fourth-order valence-electron chi connectivity index (χ4n) is 2.25. The molecule has 1 aromatic heterocycles. The predicted octanol–water partition coefficient (Wildman–Crippen LogP) is 3.87. The van der Waals surface area contributed by atoms with Crippen LogP contribution in [0.25, 0.3) is 11.0 Å². The normalized spacial score (nSPS) is 11.5. The van der Waals surface area contributed by atoms with Crippen LogP contribution in [-0.4, -0.2) is 28.0 Å². The van der Waals surface area contributed by atoms with E-state index >= 15 is 0 Å². The minimum absolute atomic E-state index is 0.0637. The maximum atomic E-state index is 12.4. The van der Waals surface area contributed by atoms with Gasteiger partial charge in [-0.3, -0.25) is 4.79 Å². The van der Waals surface area contributed by atoms with Crippen LogP contribution in [0.15, 0.2) is 53.7 Å². The number of nitrogens with zero attached hydrogens (tertiary/aromatic N) is 1. The van der Waals surface area contributed by atoms with E-state index in [1.807, 2.05) is 24.3 Å². The zero-order valence-electron chi connectivity index (χ0n) is 13.3. The summed E-state index contributed by atoms with van der Waals surface area (Å²) in [6, 6.07) is 13.2. The standard InChI is InChI=1S/C17H14F3N3O2S/c18-17(19,20)25-14-8-4-1-5-11(14)9-21-15(24)10-26-16-22-12-6-2-3-7-13(12)23-16/h1-8H,9-10H2,(H,21,24)(H,22,23). The molecule has 3 rings (SSSR count). The summed E-state index contributed by atoms with van der Waals surface area (Å²) in [5.74, 6) is -0.565. The molecule has 0 fully saturated rings. The number of carbonyl (C=O) groups is 1. The van der Waals surface area contributed by atoms with Crippen molar-refractivity contribution in [2.24, 2.45) is 0 Å². The molecule has 0 aliphatic heterocycles. The number of nitrogens with one attached hydrogen (secondary N) is 2. The van der Waals surface area contributed by atoms with Gasteiger partial charge in [0.1, 0.15) is 5.75 Å². The lowest BCUT2D eigenvalue weighted by Gasteiger charge is -2.13. The molecule has 26 heavy (non-hydrogen) atoms. The number of H-pyrrole nitrogens is 1. The van der Waals surface area contributed by atoms with E-state index in [9.17, 15) is 18.0 Å². The number of rotatable bonds is 6. The van der Waals surface area contributed by atoms with Gasteiger partial charge in [-0.25, -0.2) is 4.98 Å². The number of hydrogen-bond donors (Lipinski definition) is 2. The fourth-order valence-corrected chi connectivity index (χ4v) is 2.97. The van der Waals surface area contributed by atoms with Crippen molar-refractivity contribution in [1.29, 1.82) is 0 Å². The van der Waals surface area contributed by atoms with E-state index in [0.29, 0.717) is 5.16 Å². The van der Waals surface area contributed by atoms with E-state index in [4.69, 9.17) is 0 Å². The number of imidazole rings is 1. The molecule has 0 aliphatic rings. The van der Waals surface area contributed by atoms with E-state index in [-0.39, 0.29) is 29.5 Å². The van der Waals surface area contributed by atoms with Crippen LogP contribution in [0.2, 0.25) is 0 Å². The maximum Gasteiger partial charge on any atom is 0.573 e. The molecule has 136 valence electrons. The zero-order chi connectivity index (χ0) is 18.6. The molecular formula is C17H14F3N3O2S. The van der Waals surface area contributed by atoms with Gasteiger partial charge in [0.05, 0.1) is 16.8 Å². The van der Waals surface area contributed by atoms with Gasteiger partial charge in [-0.1, -0.05) is 42.1 Å². The number of para-hydroxylation sites is 3. The minimum atomic E-state index is -4.78. The molecule has 0 spiro atoms. The first-order valence-electron chi connectivity index (χ1n) is 7.58. The van der Waals surface area contributed by atoms with Crippen LogP contribution in [-0.2, 0) is 11.3 Å². The Kier molecular flexibility index (Phi) is 5.36. The van der Waals surface area contributed by atoms with Gasteiger partial charge in [-0.15, -0.1) is 13.2 Å². The third kappa shape index (κ3) is 4.92. The van der Waals surface area contributed by atoms with Gasteiger partial charge >= 0.3 is 6.36 Å². The number of amides is 1. The third-order valence-electron chi connectivity index (χ3n) is 3.38. The Bertz CT molecular complexity index is 878. The molecule has 1 amide bonds. The molecule has 0 bridgehead atoms. The second-order valence-electron chi connectivity index (χ2n) is 5.28. The van der Waals surface area contributed by atoms with Crippen molar-refractivity contribution in [2.75, 3.05) is 5.75 Å². The number of hydrogen-bond acceptors (Lipinski definition) is 4. The first-order chi connectivity index (χ1) is 12.4. The largest absolute Gasteiger partial charge is 0.573 e. The summed E-state index contributed by atoms with van der Waals surface area (Å²) in [5, 5.41) is 3.18. The van der Waals surface area contributed by atoms with Gasteiger partial charge in [0.15, 0.2) is 5.16 Å². The molecule has 0 radical (unpaired) electrons. The highest BCUT2D eigenvalue weighted by Crippen LogP contribution is 2.26. The summed E-state index contributed by atoms with van der Waals surface area (Å²) in [6.07, 6.45) is -4.78. The van der Waals surface area contributed by atoms with Crippen LogP contribution in [0.3, 0.4) is 0 Å². The van der Waals surface area contributed by atoms with E-state index < -0.39 is 6.36 Å². The SMILES string of the molecule is O=C(CSc1nc2ccccc2[nH]1)NCc1ccccc1OC(F)(F)F. The number of alkyl halides is 3. The highest BCUT2D eigenvalue weighted by atomic mass is 32.2. The highest BCUT2D eigenvalue weighted by molar-refractivity contribution is 7.99. The lowest BCUT2D eigenvalue weighted by molar-refractivity contribution is -0.274.